The number of nitrogens with one attached hydrogen (secondary N) is 1. The van der Waals surface area contributed by atoms with E-state index in [1.54, 1.807) is 0 Å². The second-order valence-corrected chi connectivity index (χ2v) is 5.35. The van der Waals surface area contributed by atoms with Crippen molar-refractivity contribution in [3.8, 4) is 0 Å². The average Bonchev–Trinajstić information content (AvgIpc) is 2.37. The smallest absolute Gasteiger partial charge is 0.359 e. The minimum Gasteiger partial charge on any atom is -0.359 e. The normalized spacial score (nSPS) is 22.0. The topological polar surface area (TPSA) is 67.4 Å². The van der Waals surface area contributed by atoms with Gasteiger partial charge < -0.3 is 15.0 Å². The minimum absolute atomic E-state index is 0.0594. The molecule has 1 unspecified atom stereocenters. The fourth-order valence-electron chi connectivity index (χ4n) is 2.08. The molecule has 1 saturated heterocycles. The van der Waals surface area contributed by atoms with Crippen LogP contribution in [-0.4, -0.2) is 52.1 Å². The van der Waals surface area contributed by atoms with Gasteiger partial charge in [0, 0.05) is 0 Å². The highest BCUT2D eigenvalue weighted by atomic mass is 19.4. The Labute approximate surface area is 119 Å². The summed E-state index contributed by atoms with van der Waals surface area (Å²) < 4.78 is 43.5. The van der Waals surface area contributed by atoms with Crippen molar-refractivity contribution in [2.24, 2.45) is 0 Å². The lowest BCUT2D eigenvalue weighted by atomic mass is 10.1. The molecular formula is C12H15F3N4O2. The Balaban J connectivity index is 2.09. The molecule has 0 bridgehead atoms. The number of hydrogen-bond donors (Lipinski definition) is 1. The highest BCUT2D eigenvalue weighted by molar-refractivity contribution is 5.89. The van der Waals surface area contributed by atoms with E-state index in [0.717, 1.165) is 4.90 Å². The van der Waals surface area contributed by atoms with Gasteiger partial charge in [0.15, 0.2) is 6.10 Å². The molecule has 116 valence electrons. The van der Waals surface area contributed by atoms with E-state index in [9.17, 15) is 18.0 Å². The summed E-state index contributed by atoms with van der Waals surface area (Å²) in [6.07, 6.45) is -3.83. The van der Waals surface area contributed by atoms with Crippen LogP contribution in [0.15, 0.2) is 18.5 Å². The van der Waals surface area contributed by atoms with Crippen LogP contribution in [-0.2, 0) is 4.74 Å². The first kappa shape index (κ1) is 15.5. The average molecular weight is 304 g/mol. The van der Waals surface area contributed by atoms with Crippen LogP contribution in [0.4, 0.5) is 23.7 Å². The van der Waals surface area contributed by atoms with Crippen LogP contribution in [0.3, 0.4) is 0 Å². The maximum atomic E-state index is 12.8. The predicted octanol–water partition coefficient (Wildman–Crippen LogP) is 2.05. The number of carbonyl (C=O) groups is 1. The van der Waals surface area contributed by atoms with E-state index >= 15 is 0 Å². The first-order valence-electron chi connectivity index (χ1n) is 6.24. The van der Waals surface area contributed by atoms with Gasteiger partial charge in [-0.05, 0) is 19.9 Å². The molecule has 2 rings (SSSR count). The van der Waals surface area contributed by atoms with Gasteiger partial charge >= 0.3 is 12.2 Å². The highest BCUT2D eigenvalue weighted by Gasteiger charge is 2.49. The molecule has 9 heteroatoms. The van der Waals surface area contributed by atoms with E-state index in [0.29, 0.717) is 5.69 Å². The number of rotatable bonds is 1. The summed E-state index contributed by atoms with van der Waals surface area (Å²) in [6.45, 7) is 2.54. The molecule has 0 saturated carbocycles. The number of halogens is 3. The first-order chi connectivity index (χ1) is 9.67. The van der Waals surface area contributed by atoms with Crippen LogP contribution < -0.4 is 5.32 Å². The molecule has 1 fully saturated rings. The summed E-state index contributed by atoms with van der Waals surface area (Å²) in [7, 11) is 0. The predicted molar refractivity (Wildman–Crippen MR) is 67.6 cm³/mol. The van der Waals surface area contributed by atoms with Crippen LogP contribution in [0.5, 0.6) is 0 Å². The second-order valence-electron chi connectivity index (χ2n) is 5.35. The van der Waals surface area contributed by atoms with Gasteiger partial charge in [0.05, 0.1) is 36.8 Å². The zero-order valence-electron chi connectivity index (χ0n) is 11.5. The molecule has 1 atom stereocenters. The number of morpholine rings is 1. The highest BCUT2D eigenvalue weighted by Crippen LogP contribution is 2.31. The zero-order valence-corrected chi connectivity index (χ0v) is 11.5. The maximum absolute atomic E-state index is 12.8. The Kier molecular flexibility index (Phi) is 4.04. The minimum atomic E-state index is -4.52. The third kappa shape index (κ3) is 4.03. The molecule has 1 aliphatic heterocycles. The van der Waals surface area contributed by atoms with Crippen LogP contribution >= 0.6 is 0 Å². The van der Waals surface area contributed by atoms with E-state index in [-0.39, 0.29) is 6.54 Å². The zero-order chi connectivity index (χ0) is 15.7. The SMILES string of the molecule is CC1(C)CN(C(=O)Nc2ccnnc2)CC(C(F)(F)F)O1. The molecular weight excluding hydrogens is 289 g/mol. The van der Waals surface area contributed by atoms with E-state index in [1.165, 1.54) is 32.3 Å². The third-order valence-corrected chi connectivity index (χ3v) is 2.91. The lowest BCUT2D eigenvalue weighted by Crippen LogP contribution is -2.59. The molecule has 0 spiro atoms. The second kappa shape index (κ2) is 5.47. The monoisotopic (exact) mass is 304 g/mol. The van der Waals surface area contributed by atoms with Crippen LogP contribution in [0.2, 0.25) is 0 Å². The van der Waals surface area contributed by atoms with E-state index < -0.39 is 30.5 Å². The summed E-state index contributed by atoms with van der Waals surface area (Å²) in [6, 6.07) is 0.867. The number of carbonyl (C=O) groups excluding carboxylic acids is 1. The molecule has 2 amide bonds. The Morgan fingerprint density at radius 1 is 1.48 bits per heavy atom. The number of anilines is 1. The molecule has 6 nitrogen and oxygen atoms in total. The Bertz CT molecular complexity index is 507. The lowest BCUT2D eigenvalue weighted by Gasteiger charge is -2.43. The molecule has 1 aromatic rings. The standard InChI is InChI=1S/C12H15F3N4O2/c1-11(2)7-19(6-9(21-11)12(13,14)15)10(20)18-8-3-4-16-17-5-8/h3-5,9H,6-7H2,1-2H3,(H,16,18,20). The number of amides is 2. The Hall–Kier alpha value is -1.90. The molecule has 0 aliphatic carbocycles. The fourth-order valence-corrected chi connectivity index (χ4v) is 2.08. The largest absolute Gasteiger partial charge is 0.416 e. The van der Waals surface area contributed by atoms with Gasteiger partial charge in [-0.3, -0.25) is 0 Å². The number of urea groups is 1. The van der Waals surface area contributed by atoms with Crippen molar-refractivity contribution >= 4 is 11.7 Å². The van der Waals surface area contributed by atoms with Crippen molar-refractivity contribution in [3.05, 3.63) is 18.5 Å². The van der Waals surface area contributed by atoms with Crippen LogP contribution in [0.1, 0.15) is 13.8 Å². The molecule has 1 aromatic heterocycles. The Morgan fingerprint density at radius 3 is 2.76 bits per heavy atom. The summed E-state index contributed by atoms with van der Waals surface area (Å²) >= 11 is 0. The van der Waals surface area contributed by atoms with E-state index in [1.807, 2.05) is 0 Å². The number of aromatic nitrogens is 2. The van der Waals surface area contributed by atoms with E-state index in [4.69, 9.17) is 4.74 Å². The number of hydrogen-bond acceptors (Lipinski definition) is 4. The summed E-state index contributed by atoms with van der Waals surface area (Å²) in [5, 5.41) is 9.61. The van der Waals surface area contributed by atoms with Gasteiger partial charge in [0.1, 0.15) is 0 Å². The van der Waals surface area contributed by atoms with Gasteiger partial charge in [-0.25, -0.2) is 4.79 Å². The van der Waals surface area contributed by atoms with Gasteiger partial charge in [-0.2, -0.15) is 23.4 Å². The molecule has 1 N–H and O–H groups in total. The van der Waals surface area contributed by atoms with Crippen molar-refractivity contribution in [2.45, 2.75) is 31.7 Å². The molecule has 0 radical (unpaired) electrons. The molecule has 1 aliphatic rings. The quantitative estimate of drug-likeness (QED) is 0.862. The van der Waals surface area contributed by atoms with Gasteiger partial charge in [0.25, 0.3) is 0 Å². The van der Waals surface area contributed by atoms with E-state index in [2.05, 4.69) is 15.5 Å². The third-order valence-electron chi connectivity index (χ3n) is 2.91. The van der Waals surface area contributed by atoms with Crippen molar-refractivity contribution < 1.29 is 22.7 Å². The van der Waals surface area contributed by atoms with Crippen LogP contribution in [0, 0.1) is 0 Å². The van der Waals surface area contributed by atoms with Crippen LogP contribution in [0.25, 0.3) is 0 Å². The molecule has 2 heterocycles. The number of ether oxygens (including phenoxy) is 1. The van der Waals surface area contributed by atoms with Gasteiger partial charge in [-0.1, -0.05) is 0 Å². The lowest BCUT2D eigenvalue weighted by molar-refractivity contribution is -0.267. The summed E-state index contributed by atoms with van der Waals surface area (Å²) in [5.41, 5.74) is -0.713. The van der Waals surface area contributed by atoms with Gasteiger partial charge in [0.2, 0.25) is 0 Å². The first-order valence-corrected chi connectivity index (χ1v) is 6.24. The number of nitrogens with zero attached hydrogens (tertiary/aromatic N) is 3. The summed E-state index contributed by atoms with van der Waals surface area (Å²) in [4.78, 5) is 13.2. The number of alkyl halides is 3. The fraction of sp³-hybridized carbons (Fsp3) is 0.583. The van der Waals surface area contributed by atoms with Crippen molar-refractivity contribution in [1.29, 1.82) is 0 Å². The van der Waals surface area contributed by atoms with Crippen molar-refractivity contribution in [3.63, 3.8) is 0 Å². The molecule has 21 heavy (non-hydrogen) atoms. The van der Waals surface area contributed by atoms with Crippen molar-refractivity contribution in [2.75, 3.05) is 18.4 Å². The van der Waals surface area contributed by atoms with Crippen molar-refractivity contribution in [1.82, 2.24) is 15.1 Å². The Morgan fingerprint density at radius 2 is 2.19 bits per heavy atom. The maximum Gasteiger partial charge on any atom is 0.416 e. The van der Waals surface area contributed by atoms with Gasteiger partial charge in [-0.15, -0.1) is 0 Å². The summed E-state index contributed by atoms with van der Waals surface area (Å²) in [5.74, 6) is 0. The molecule has 0 aromatic carbocycles.